The van der Waals surface area contributed by atoms with Crippen LogP contribution in [0.1, 0.15) is 77.7 Å². The molecule has 11 atom stereocenters. The van der Waals surface area contributed by atoms with E-state index in [0.717, 1.165) is 44.9 Å². The molecular weight excluding hydrogens is 572 g/mol. The number of rotatable bonds is 18. The molecule has 11 heteroatoms. The summed E-state index contributed by atoms with van der Waals surface area (Å²) < 4.78 is 23.4. The second-order valence-electron chi connectivity index (χ2n) is 12.7. The van der Waals surface area contributed by atoms with Gasteiger partial charge in [0.05, 0.1) is 38.6 Å². The average Bonchev–Trinajstić information content (AvgIpc) is 3.05. The Morgan fingerprint density at radius 1 is 0.705 bits per heavy atom. The standard InChI is InChI=1S/C33H56O11/c1-4-6-14-33(15-7-5-2,23-11-9-8-10-12-23)16-13-22(19-41-31-29(39)26(36)21(3)24(17-34)43-31)20-42-32-30(40)28(38)27(37)25(18-35)44-32/h8-12,21-22,24-32,34-40H,4-7,13-20H2,1-3H3/t21-,22?,24?,25?,26?,27-,28?,29+,30+,31+,32+/m1/s1. The van der Waals surface area contributed by atoms with E-state index in [-0.39, 0.29) is 31.2 Å². The lowest BCUT2D eigenvalue weighted by Crippen LogP contribution is -2.59. The smallest absolute Gasteiger partial charge is 0.186 e. The Morgan fingerprint density at radius 3 is 1.75 bits per heavy atom. The molecule has 2 aliphatic rings. The van der Waals surface area contributed by atoms with E-state index in [0.29, 0.717) is 6.42 Å². The van der Waals surface area contributed by atoms with Crippen molar-refractivity contribution in [2.75, 3.05) is 26.4 Å². The van der Waals surface area contributed by atoms with Gasteiger partial charge < -0.3 is 54.7 Å². The van der Waals surface area contributed by atoms with Gasteiger partial charge in [-0.2, -0.15) is 0 Å². The number of hydrogen-bond acceptors (Lipinski definition) is 11. The third kappa shape index (κ3) is 9.42. The molecule has 254 valence electrons. The summed E-state index contributed by atoms with van der Waals surface area (Å²) in [6.45, 7) is 5.29. The van der Waals surface area contributed by atoms with Crippen LogP contribution in [0.25, 0.3) is 0 Å². The Balaban J connectivity index is 1.81. The van der Waals surface area contributed by atoms with E-state index in [9.17, 15) is 35.7 Å². The molecule has 2 aliphatic heterocycles. The van der Waals surface area contributed by atoms with Crippen LogP contribution in [0.15, 0.2) is 30.3 Å². The van der Waals surface area contributed by atoms with Gasteiger partial charge in [-0.25, -0.2) is 0 Å². The minimum absolute atomic E-state index is 0.0420. The Hall–Kier alpha value is -1.22. The van der Waals surface area contributed by atoms with Gasteiger partial charge in [0.25, 0.3) is 0 Å². The fraction of sp³-hybridized carbons (Fsp3) is 0.818. The SMILES string of the molecule is CCCCC(CCCC)(CCC(CO[C@H]1OC(CO)[C@@H](C)C(O)[C@@H]1O)CO[C@H]1OC(CO)[C@@H](O)C(O)[C@@H]1O)c1ccccc1. The van der Waals surface area contributed by atoms with Crippen molar-refractivity contribution in [2.24, 2.45) is 11.8 Å². The van der Waals surface area contributed by atoms with Crippen LogP contribution in [-0.4, -0.2) is 117 Å². The van der Waals surface area contributed by atoms with Crippen molar-refractivity contribution in [1.29, 1.82) is 0 Å². The van der Waals surface area contributed by atoms with Crippen LogP contribution in [0.3, 0.4) is 0 Å². The molecule has 44 heavy (non-hydrogen) atoms. The maximum atomic E-state index is 10.7. The first-order chi connectivity index (χ1) is 21.1. The Kier molecular flexibility index (Phi) is 15.4. The summed E-state index contributed by atoms with van der Waals surface area (Å²) in [4.78, 5) is 0. The summed E-state index contributed by atoms with van der Waals surface area (Å²) in [5.41, 5.74) is 1.20. The third-order valence-corrected chi connectivity index (χ3v) is 9.52. The normalized spacial score (nSPS) is 33.8. The lowest BCUT2D eigenvalue weighted by atomic mass is 9.69. The third-order valence-electron chi connectivity index (χ3n) is 9.52. The molecule has 2 heterocycles. The number of benzene rings is 1. The predicted octanol–water partition coefficient (Wildman–Crippen LogP) is 1.61. The average molecular weight is 629 g/mol. The first-order valence-corrected chi connectivity index (χ1v) is 16.3. The highest BCUT2D eigenvalue weighted by Gasteiger charge is 2.45. The van der Waals surface area contributed by atoms with E-state index in [4.69, 9.17) is 18.9 Å². The topological polar surface area (TPSA) is 179 Å². The molecule has 5 unspecified atom stereocenters. The number of unbranched alkanes of at least 4 members (excludes halogenated alkanes) is 2. The highest BCUT2D eigenvalue weighted by atomic mass is 16.7. The number of ether oxygens (including phenoxy) is 4. The molecule has 0 spiro atoms. The molecule has 0 aromatic heterocycles. The minimum atomic E-state index is -1.56. The summed E-state index contributed by atoms with van der Waals surface area (Å²) >= 11 is 0. The van der Waals surface area contributed by atoms with Crippen molar-refractivity contribution in [2.45, 2.75) is 133 Å². The summed E-state index contributed by atoms with van der Waals surface area (Å²) in [7, 11) is 0. The van der Waals surface area contributed by atoms with Crippen LogP contribution in [0.5, 0.6) is 0 Å². The highest BCUT2D eigenvalue weighted by molar-refractivity contribution is 5.25. The van der Waals surface area contributed by atoms with Crippen LogP contribution >= 0.6 is 0 Å². The van der Waals surface area contributed by atoms with Gasteiger partial charge in [-0.15, -0.1) is 0 Å². The summed E-state index contributed by atoms with van der Waals surface area (Å²) in [5.74, 6) is -0.766. The highest BCUT2D eigenvalue weighted by Crippen LogP contribution is 2.41. The van der Waals surface area contributed by atoms with E-state index in [1.54, 1.807) is 6.92 Å². The van der Waals surface area contributed by atoms with Gasteiger partial charge >= 0.3 is 0 Å². The monoisotopic (exact) mass is 628 g/mol. The minimum Gasteiger partial charge on any atom is -0.394 e. The maximum absolute atomic E-state index is 10.7. The molecule has 7 N–H and O–H groups in total. The second-order valence-corrected chi connectivity index (χ2v) is 12.7. The van der Waals surface area contributed by atoms with Gasteiger partial charge in [-0.05, 0) is 36.7 Å². The maximum Gasteiger partial charge on any atom is 0.186 e. The lowest BCUT2D eigenvalue weighted by molar-refractivity contribution is -0.308. The lowest BCUT2D eigenvalue weighted by Gasteiger charge is -2.42. The molecule has 0 radical (unpaired) electrons. The van der Waals surface area contributed by atoms with Gasteiger partial charge in [0.15, 0.2) is 12.6 Å². The Labute approximate surface area is 261 Å². The van der Waals surface area contributed by atoms with Crippen molar-refractivity contribution in [3.8, 4) is 0 Å². The quantitative estimate of drug-likeness (QED) is 0.126. The molecule has 0 bridgehead atoms. The van der Waals surface area contributed by atoms with E-state index in [2.05, 4.69) is 38.1 Å². The van der Waals surface area contributed by atoms with Crippen molar-refractivity contribution in [1.82, 2.24) is 0 Å². The molecule has 0 aliphatic carbocycles. The molecule has 1 aromatic rings. The molecule has 3 rings (SSSR count). The molecule has 1 aromatic carbocycles. The first-order valence-electron chi connectivity index (χ1n) is 16.3. The fourth-order valence-electron chi connectivity index (χ4n) is 6.41. The fourth-order valence-corrected chi connectivity index (χ4v) is 6.41. The second kappa shape index (κ2) is 18.2. The van der Waals surface area contributed by atoms with Crippen LogP contribution in [0.4, 0.5) is 0 Å². The van der Waals surface area contributed by atoms with Crippen LogP contribution < -0.4 is 0 Å². The zero-order valence-electron chi connectivity index (χ0n) is 26.5. The van der Waals surface area contributed by atoms with Crippen LogP contribution in [0, 0.1) is 11.8 Å². The molecule has 2 saturated heterocycles. The van der Waals surface area contributed by atoms with Gasteiger partial charge in [0.2, 0.25) is 0 Å². The van der Waals surface area contributed by atoms with Crippen molar-refractivity contribution < 1.29 is 54.7 Å². The molecule has 2 fully saturated rings. The largest absolute Gasteiger partial charge is 0.394 e. The van der Waals surface area contributed by atoms with Crippen molar-refractivity contribution in [3.05, 3.63) is 35.9 Å². The van der Waals surface area contributed by atoms with Crippen LogP contribution in [-0.2, 0) is 24.4 Å². The van der Waals surface area contributed by atoms with E-state index < -0.39 is 67.8 Å². The van der Waals surface area contributed by atoms with Gasteiger partial charge in [-0.1, -0.05) is 76.8 Å². The number of aliphatic hydroxyl groups is 7. The molecule has 11 nitrogen and oxygen atoms in total. The van der Waals surface area contributed by atoms with Gasteiger partial charge in [0.1, 0.15) is 30.5 Å². The van der Waals surface area contributed by atoms with Gasteiger partial charge in [-0.3, -0.25) is 0 Å². The van der Waals surface area contributed by atoms with E-state index >= 15 is 0 Å². The summed E-state index contributed by atoms with van der Waals surface area (Å²) in [5, 5.41) is 71.5. The molecular formula is C33H56O11. The predicted molar refractivity (Wildman–Crippen MR) is 162 cm³/mol. The van der Waals surface area contributed by atoms with Crippen molar-refractivity contribution in [3.63, 3.8) is 0 Å². The summed E-state index contributed by atoms with van der Waals surface area (Å²) in [6.07, 6.45) is -3.49. The zero-order valence-corrected chi connectivity index (χ0v) is 26.5. The Morgan fingerprint density at radius 2 is 1.23 bits per heavy atom. The first kappa shape index (κ1) is 37.2. The Bertz CT molecular complexity index is 868. The number of aliphatic hydroxyl groups excluding tert-OH is 7. The van der Waals surface area contributed by atoms with Gasteiger partial charge in [0, 0.05) is 11.8 Å². The van der Waals surface area contributed by atoms with Crippen molar-refractivity contribution >= 4 is 0 Å². The summed E-state index contributed by atoms with van der Waals surface area (Å²) in [6, 6.07) is 10.5. The van der Waals surface area contributed by atoms with Crippen LogP contribution in [0.2, 0.25) is 0 Å². The van der Waals surface area contributed by atoms with E-state index in [1.807, 2.05) is 6.07 Å². The molecule has 0 saturated carbocycles. The zero-order chi connectivity index (χ0) is 32.3. The molecule has 0 amide bonds. The van der Waals surface area contributed by atoms with E-state index in [1.165, 1.54) is 5.56 Å². The number of hydrogen-bond donors (Lipinski definition) is 7.